The van der Waals surface area contributed by atoms with E-state index in [-0.39, 0.29) is 5.69 Å². The highest BCUT2D eigenvalue weighted by molar-refractivity contribution is 5.74. The maximum absolute atomic E-state index is 12.1. The predicted octanol–water partition coefficient (Wildman–Crippen LogP) is 2.74. The summed E-state index contributed by atoms with van der Waals surface area (Å²) in [5, 5.41) is 10.6. The van der Waals surface area contributed by atoms with Gasteiger partial charge in [0, 0.05) is 19.6 Å². The van der Waals surface area contributed by atoms with Gasteiger partial charge in [-0.3, -0.25) is 4.57 Å². The molecular weight excluding hydrogens is 302 g/mol. The summed E-state index contributed by atoms with van der Waals surface area (Å²) in [7, 11) is 0. The zero-order chi connectivity index (χ0) is 17.0. The molecule has 0 saturated carbocycles. The highest BCUT2D eigenvalue weighted by Crippen LogP contribution is 2.27. The Hall–Kier alpha value is -1.59. The molecule has 0 atom stereocenters. The van der Waals surface area contributed by atoms with Gasteiger partial charge in [-0.05, 0) is 44.4 Å². The molecule has 24 heavy (non-hydrogen) atoms. The summed E-state index contributed by atoms with van der Waals surface area (Å²) in [5.74, 6) is 0. The van der Waals surface area contributed by atoms with Crippen LogP contribution in [0.5, 0.6) is 0 Å². The molecule has 0 spiro atoms. The van der Waals surface area contributed by atoms with Crippen LogP contribution in [-0.4, -0.2) is 44.8 Å². The highest BCUT2D eigenvalue weighted by Gasteiger charge is 2.31. The molecule has 5 heteroatoms. The minimum absolute atomic E-state index is 0.0243. The number of unbranched alkanes of at least 4 members (excludes halogenated alkanes) is 1. The van der Waals surface area contributed by atoms with Gasteiger partial charge in [0.25, 0.3) is 0 Å². The number of aryl methyl sites for hydroxylation is 1. The molecule has 2 N–H and O–H groups in total. The number of rotatable bonds is 7. The summed E-state index contributed by atoms with van der Waals surface area (Å²) < 4.78 is 1.83. The summed E-state index contributed by atoms with van der Waals surface area (Å²) in [6.45, 7) is 5.81. The van der Waals surface area contributed by atoms with E-state index in [1.54, 1.807) is 0 Å². The number of H-pyrrole nitrogens is 1. The summed E-state index contributed by atoms with van der Waals surface area (Å²) in [5.41, 5.74) is 1.42. The number of aliphatic hydroxyl groups is 1. The van der Waals surface area contributed by atoms with Crippen molar-refractivity contribution in [1.29, 1.82) is 0 Å². The van der Waals surface area contributed by atoms with Crippen molar-refractivity contribution < 1.29 is 5.11 Å². The molecule has 1 fully saturated rings. The fourth-order valence-corrected chi connectivity index (χ4v) is 3.73. The minimum atomic E-state index is -0.444. The SMILES string of the molecule is CCCCC1(O)CCN(CCCn2c(=O)[nH]c3ccccc32)CC1. The molecule has 1 aromatic carbocycles. The topological polar surface area (TPSA) is 61.3 Å². The van der Waals surface area contributed by atoms with E-state index in [4.69, 9.17) is 0 Å². The number of piperidine rings is 1. The van der Waals surface area contributed by atoms with Crippen LogP contribution in [0.4, 0.5) is 0 Å². The molecular formula is C19H29N3O2. The summed E-state index contributed by atoms with van der Waals surface area (Å²) in [6, 6.07) is 7.83. The molecule has 2 heterocycles. The average molecular weight is 331 g/mol. The molecule has 5 nitrogen and oxygen atoms in total. The van der Waals surface area contributed by atoms with Crippen LogP contribution in [0.15, 0.2) is 29.1 Å². The van der Waals surface area contributed by atoms with E-state index in [1.165, 1.54) is 0 Å². The maximum atomic E-state index is 12.1. The van der Waals surface area contributed by atoms with Gasteiger partial charge in [-0.1, -0.05) is 31.9 Å². The molecule has 1 aliphatic heterocycles. The Kier molecular flexibility index (Phi) is 5.41. The smallest absolute Gasteiger partial charge is 0.326 e. The lowest BCUT2D eigenvalue weighted by Gasteiger charge is -2.38. The molecule has 0 unspecified atom stereocenters. The number of hydrogen-bond acceptors (Lipinski definition) is 3. The second-order valence-electron chi connectivity index (χ2n) is 7.12. The first-order chi connectivity index (χ1) is 11.6. The second-order valence-corrected chi connectivity index (χ2v) is 7.12. The number of para-hydroxylation sites is 2. The van der Waals surface area contributed by atoms with Gasteiger partial charge < -0.3 is 15.0 Å². The molecule has 0 amide bonds. The van der Waals surface area contributed by atoms with Gasteiger partial charge in [0.1, 0.15) is 0 Å². The number of nitrogens with one attached hydrogen (secondary N) is 1. The second kappa shape index (κ2) is 7.53. The zero-order valence-corrected chi connectivity index (χ0v) is 14.6. The van der Waals surface area contributed by atoms with E-state index in [2.05, 4.69) is 16.8 Å². The molecule has 0 aliphatic carbocycles. The first kappa shape index (κ1) is 17.2. The van der Waals surface area contributed by atoms with Crippen LogP contribution < -0.4 is 5.69 Å². The third kappa shape index (κ3) is 3.90. The van der Waals surface area contributed by atoms with E-state index in [9.17, 15) is 9.90 Å². The number of nitrogens with zero attached hydrogens (tertiary/aromatic N) is 2. The van der Waals surface area contributed by atoms with Gasteiger partial charge in [0.2, 0.25) is 0 Å². The molecule has 1 saturated heterocycles. The first-order valence-corrected chi connectivity index (χ1v) is 9.23. The van der Waals surface area contributed by atoms with Crippen LogP contribution in [-0.2, 0) is 6.54 Å². The fourth-order valence-electron chi connectivity index (χ4n) is 3.73. The van der Waals surface area contributed by atoms with Gasteiger partial charge in [0.15, 0.2) is 0 Å². The lowest BCUT2D eigenvalue weighted by atomic mass is 9.86. The maximum Gasteiger partial charge on any atom is 0.326 e. The van der Waals surface area contributed by atoms with Gasteiger partial charge >= 0.3 is 5.69 Å². The van der Waals surface area contributed by atoms with Gasteiger partial charge in [-0.25, -0.2) is 4.79 Å². The Morgan fingerprint density at radius 1 is 1.17 bits per heavy atom. The van der Waals surface area contributed by atoms with Crippen molar-refractivity contribution in [2.75, 3.05) is 19.6 Å². The van der Waals surface area contributed by atoms with Gasteiger partial charge in [0.05, 0.1) is 16.6 Å². The normalized spacial score (nSPS) is 18.2. The molecule has 0 bridgehead atoms. The van der Waals surface area contributed by atoms with Crippen LogP contribution in [0.3, 0.4) is 0 Å². The van der Waals surface area contributed by atoms with Crippen LogP contribution in [0, 0.1) is 0 Å². The third-order valence-electron chi connectivity index (χ3n) is 5.32. The van der Waals surface area contributed by atoms with Gasteiger partial charge in [-0.15, -0.1) is 0 Å². The first-order valence-electron chi connectivity index (χ1n) is 9.23. The van der Waals surface area contributed by atoms with Crippen molar-refractivity contribution in [2.45, 2.75) is 57.6 Å². The Bertz CT molecular complexity index is 711. The molecule has 2 aromatic rings. The van der Waals surface area contributed by atoms with E-state index >= 15 is 0 Å². The number of aromatic amines is 1. The Labute approximate surface area is 143 Å². The number of imidazole rings is 1. The van der Waals surface area contributed by atoms with E-state index < -0.39 is 5.60 Å². The number of likely N-dealkylation sites (tertiary alicyclic amines) is 1. The van der Waals surface area contributed by atoms with E-state index in [0.717, 1.165) is 75.7 Å². The predicted molar refractivity (Wildman–Crippen MR) is 97.3 cm³/mol. The molecule has 0 radical (unpaired) electrons. The summed E-state index contributed by atoms with van der Waals surface area (Å²) >= 11 is 0. The summed E-state index contributed by atoms with van der Waals surface area (Å²) in [6.07, 6.45) is 5.89. The molecule has 3 rings (SSSR count). The van der Waals surface area contributed by atoms with Crippen molar-refractivity contribution in [3.63, 3.8) is 0 Å². The number of aromatic nitrogens is 2. The molecule has 1 aliphatic rings. The lowest BCUT2D eigenvalue weighted by Crippen LogP contribution is -2.44. The van der Waals surface area contributed by atoms with Crippen molar-refractivity contribution in [2.24, 2.45) is 0 Å². The highest BCUT2D eigenvalue weighted by atomic mass is 16.3. The average Bonchev–Trinajstić information content (AvgIpc) is 2.91. The minimum Gasteiger partial charge on any atom is -0.390 e. The van der Waals surface area contributed by atoms with Crippen molar-refractivity contribution in [3.05, 3.63) is 34.7 Å². The van der Waals surface area contributed by atoms with Crippen molar-refractivity contribution >= 4 is 11.0 Å². The molecule has 1 aromatic heterocycles. The van der Waals surface area contributed by atoms with Crippen molar-refractivity contribution in [1.82, 2.24) is 14.5 Å². The standard InChI is InChI=1S/C19H29N3O2/c1-2-3-9-19(24)10-14-21(15-11-19)12-6-13-22-17-8-5-4-7-16(17)20-18(22)23/h4-5,7-8,24H,2-3,6,9-15H2,1H3,(H,20,23). The fraction of sp³-hybridized carbons (Fsp3) is 0.632. The monoisotopic (exact) mass is 331 g/mol. The zero-order valence-electron chi connectivity index (χ0n) is 14.6. The Morgan fingerprint density at radius 3 is 2.67 bits per heavy atom. The van der Waals surface area contributed by atoms with Crippen LogP contribution in [0.1, 0.15) is 45.4 Å². The number of fused-ring (bicyclic) bond motifs is 1. The molecule has 132 valence electrons. The van der Waals surface area contributed by atoms with Crippen LogP contribution >= 0.6 is 0 Å². The lowest BCUT2D eigenvalue weighted by molar-refractivity contribution is -0.0292. The van der Waals surface area contributed by atoms with E-state index in [0.29, 0.717) is 0 Å². The number of benzene rings is 1. The Morgan fingerprint density at radius 2 is 1.92 bits per heavy atom. The van der Waals surface area contributed by atoms with Crippen molar-refractivity contribution in [3.8, 4) is 0 Å². The van der Waals surface area contributed by atoms with E-state index in [1.807, 2.05) is 28.8 Å². The van der Waals surface area contributed by atoms with Gasteiger partial charge in [-0.2, -0.15) is 0 Å². The van der Waals surface area contributed by atoms with Crippen LogP contribution in [0.2, 0.25) is 0 Å². The third-order valence-corrected chi connectivity index (χ3v) is 5.32. The summed E-state index contributed by atoms with van der Waals surface area (Å²) in [4.78, 5) is 17.4. The quantitative estimate of drug-likeness (QED) is 0.820. The largest absolute Gasteiger partial charge is 0.390 e. The Balaban J connectivity index is 1.49. The van der Waals surface area contributed by atoms with Crippen LogP contribution in [0.25, 0.3) is 11.0 Å². The number of hydrogen-bond donors (Lipinski definition) is 2.